The predicted molar refractivity (Wildman–Crippen MR) is 55.6 cm³/mol. The van der Waals surface area contributed by atoms with E-state index in [-0.39, 0.29) is 5.92 Å². The number of hydrogen-bond donors (Lipinski definition) is 0. The van der Waals surface area contributed by atoms with Crippen molar-refractivity contribution < 1.29 is 4.39 Å². The number of halogens is 1. The molecule has 72 valence electrons. The van der Waals surface area contributed by atoms with Crippen molar-refractivity contribution in [3.8, 4) is 6.07 Å². The van der Waals surface area contributed by atoms with Gasteiger partial charge in [-0.15, -0.1) is 0 Å². The van der Waals surface area contributed by atoms with Crippen LogP contribution in [0.5, 0.6) is 0 Å². The van der Waals surface area contributed by atoms with Crippen molar-refractivity contribution in [3.63, 3.8) is 0 Å². The van der Waals surface area contributed by atoms with Crippen LogP contribution in [0.15, 0.2) is 24.8 Å². The fraction of sp³-hybridized carbons (Fsp3) is 0.250. The Kier molecular flexibility index (Phi) is 3.41. The molecule has 1 atom stereocenters. The van der Waals surface area contributed by atoms with E-state index in [1.54, 1.807) is 25.1 Å². The third kappa shape index (κ3) is 1.82. The van der Waals surface area contributed by atoms with Gasteiger partial charge < -0.3 is 0 Å². The average molecular weight is 189 g/mol. The van der Waals surface area contributed by atoms with Gasteiger partial charge in [0.05, 0.1) is 12.2 Å². The van der Waals surface area contributed by atoms with Crippen LogP contribution in [0, 0.1) is 11.3 Å². The molecule has 0 saturated carbocycles. The Hall–Kier alpha value is -1.62. The molecule has 0 saturated heterocycles. The van der Waals surface area contributed by atoms with Gasteiger partial charge in [0.2, 0.25) is 0 Å². The first-order valence-electron chi connectivity index (χ1n) is 4.46. The van der Waals surface area contributed by atoms with Gasteiger partial charge in [-0.1, -0.05) is 37.8 Å². The SMILES string of the molecule is C=Cc1cccc(C(C)CF)c1C#N. The Morgan fingerprint density at radius 2 is 2.36 bits per heavy atom. The number of alkyl halides is 1. The van der Waals surface area contributed by atoms with Crippen molar-refractivity contribution >= 4 is 6.08 Å². The largest absolute Gasteiger partial charge is 0.250 e. The molecule has 1 aromatic carbocycles. The maximum absolute atomic E-state index is 12.5. The monoisotopic (exact) mass is 189 g/mol. The highest BCUT2D eigenvalue weighted by Gasteiger charge is 2.11. The lowest BCUT2D eigenvalue weighted by Crippen LogP contribution is -2.00. The van der Waals surface area contributed by atoms with Crippen LogP contribution in [0.2, 0.25) is 0 Å². The molecule has 14 heavy (non-hydrogen) atoms. The van der Waals surface area contributed by atoms with Crippen molar-refractivity contribution in [2.45, 2.75) is 12.8 Å². The van der Waals surface area contributed by atoms with Crippen LogP contribution >= 0.6 is 0 Å². The zero-order valence-electron chi connectivity index (χ0n) is 8.13. The highest BCUT2D eigenvalue weighted by atomic mass is 19.1. The first kappa shape index (κ1) is 10.5. The van der Waals surface area contributed by atoms with Crippen LogP contribution in [0.1, 0.15) is 29.5 Å². The van der Waals surface area contributed by atoms with Gasteiger partial charge in [0.1, 0.15) is 6.07 Å². The lowest BCUT2D eigenvalue weighted by atomic mass is 9.94. The molecule has 0 aromatic heterocycles. The molecule has 0 aliphatic rings. The Morgan fingerprint density at radius 3 is 2.86 bits per heavy atom. The summed E-state index contributed by atoms with van der Waals surface area (Å²) in [7, 11) is 0. The second kappa shape index (κ2) is 4.57. The molecule has 0 radical (unpaired) electrons. The molecule has 0 amide bonds. The molecular formula is C12H12FN. The van der Waals surface area contributed by atoms with Crippen LogP contribution in [-0.2, 0) is 0 Å². The third-order valence-corrected chi connectivity index (χ3v) is 2.22. The fourth-order valence-electron chi connectivity index (χ4n) is 1.38. The quantitative estimate of drug-likeness (QED) is 0.715. The summed E-state index contributed by atoms with van der Waals surface area (Å²) in [5.41, 5.74) is 2.06. The highest BCUT2D eigenvalue weighted by molar-refractivity contribution is 5.59. The highest BCUT2D eigenvalue weighted by Crippen LogP contribution is 2.23. The van der Waals surface area contributed by atoms with Crippen molar-refractivity contribution in [2.24, 2.45) is 0 Å². The molecule has 1 aromatic rings. The summed E-state index contributed by atoms with van der Waals surface area (Å²) >= 11 is 0. The molecule has 0 aliphatic carbocycles. The van der Waals surface area contributed by atoms with Gasteiger partial charge in [0.25, 0.3) is 0 Å². The van der Waals surface area contributed by atoms with Crippen molar-refractivity contribution in [2.75, 3.05) is 6.67 Å². The maximum Gasteiger partial charge on any atom is 0.100 e. The smallest absolute Gasteiger partial charge is 0.100 e. The molecular weight excluding hydrogens is 177 g/mol. The minimum atomic E-state index is -0.449. The minimum Gasteiger partial charge on any atom is -0.250 e. The minimum absolute atomic E-state index is 0.232. The lowest BCUT2D eigenvalue weighted by Gasteiger charge is -2.10. The number of nitriles is 1. The summed E-state index contributed by atoms with van der Waals surface area (Å²) in [6.45, 7) is 4.94. The van der Waals surface area contributed by atoms with E-state index in [9.17, 15) is 4.39 Å². The van der Waals surface area contributed by atoms with E-state index in [4.69, 9.17) is 5.26 Å². The lowest BCUT2D eigenvalue weighted by molar-refractivity contribution is 0.447. The van der Waals surface area contributed by atoms with E-state index >= 15 is 0 Å². The van der Waals surface area contributed by atoms with Gasteiger partial charge in [0, 0.05) is 5.92 Å². The Morgan fingerprint density at radius 1 is 1.64 bits per heavy atom. The van der Waals surface area contributed by atoms with Crippen LogP contribution in [0.4, 0.5) is 4.39 Å². The zero-order chi connectivity index (χ0) is 10.6. The fourth-order valence-corrected chi connectivity index (χ4v) is 1.38. The summed E-state index contributed by atoms with van der Waals surface area (Å²) in [6, 6.07) is 7.50. The Bertz CT molecular complexity index is 376. The molecule has 1 nitrogen and oxygen atoms in total. The van der Waals surface area contributed by atoms with Crippen LogP contribution in [0.25, 0.3) is 6.08 Å². The molecule has 1 rings (SSSR count). The Balaban J connectivity index is 3.30. The maximum atomic E-state index is 12.5. The molecule has 0 N–H and O–H groups in total. The first-order valence-corrected chi connectivity index (χ1v) is 4.46. The summed E-state index contributed by atoms with van der Waals surface area (Å²) in [6.07, 6.45) is 1.62. The van der Waals surface area contributed by atoms with Gasteiger partial charge in [0.15, 0.2) is 0 Å². The Labute approximate surface area is 83.5 Å². The van der Waals surface area contributed by atoms with Gasteiger partial charge >= 0.3 is 0 Å². The van der Waals surface area contributed by atoms with E-state index in [2.05, 4.69) is 12.6 Å². The van der Waals surface area contributed by atoms with E-state index in [1.165, 1.54) is 0 Å². The van der Waals surface area contributed by atoms with Crippen LogP contribution in [0.3, 0.4) is 0 Å². The van der Waals surface area contributed by atoms with E-state index in [0.29, 0.717) is 5.56 Å². The van der Waals surface area contributed by atoms with Gasteiger partial charge in [-0.2, -0.15) is 5.26 Å². The summed E-state index contributed by atoms with van der Waals surface area (Å²) in [5, 5.41) is 8.95. The van der Waals surface area contributed by atoms with E-state index in [0.717, 1.165) is 11.1 Å². The number of rotatable bonds is 3. The number of hydrogen-bond acceptors (Lipinski definition) is 1. The zero-order valence-corrected chi connectivity index (χ0v) is 8.13. The molecule has 0 fully saturated rings. The molecule has 1 unspecified atom stereocenters. The summed E-state index contributed by atoms with van der Waals surface area (Å²) in [5.74, 6) is -0.232. The number of nitrogens with zero attached hydrogens (tertiary/aromatic N) is 1. The summed E-state index contributed by atoms with van der Waals surface area (Å²) < 4.78 is 12.5. The van der Waals surface area contributed by atoms with E-state index in [1.807, 2.05) is 6.07 Å². The first-order chi connectivity index (χ1) is 6.74. The molecule has 0 aliphatic heterocycles. The van der Waals surface area contributed by atoms with Crippen molar-refractivity contribution in [1.82, 2.24) is 0 Å². The van der Waals surface area contributed by atoms with Crippen molar-refractivity contribution in [1.29, 1.82) is 5.26 Å². The molecule has 0 spiro atoms. The van der Waals surface area contributed by atoms with Gasteiger partial charge in [-0.3, -0.25) is 4.39 Å². The topological polar surface area (TPSA) is 23.8 Å². The normalized spacial score (nSPS) is 11.8. The van der Waals surface area contributed by atoms with Gasteiger partial charge in [-0.05, 0) is 11.1 Å². The third-order valence-electron chi connectivity index (χ3n) is 2.22. The van der Waals surface area contributed by atoms with Crippen LogP contribution in [-0.4, -0.2) is 6.67 Å². The van der Waals surface area contributed by atoms with Crippen LogP contribution < -0.4 is 0 Å². The summed E-state index contributed by atoms with van der Waals surface area (Å²) in [4.78, 5) is 0. The molecule has 2 heteroatoms. The molecule has 0 heterocycles. The van der Waals surface area contributed by atoms with E-state index < -0.39 is 6.67 Å². The second-order valence-corrected chi connectivity index (χ2v) is 3.18. The predicted octanol–water partition coefficient (Wildman–Crippen LogP) is 3.27. The standard InChI is InChI=1S/C12H12FN/c1-3-10-5-4-6-11(9(2)7-13)12(10)8-14/h3-6,9H,1,7H2,2H3. The number of benzene rings is 1. The average Bonchev–Trinajstić information content (AvgIpc) is 2.26. The molecule has 0 bridgehead atoms. The van der Waals surface area contributed by atoms with Crippen molar-refractivity contribution in [3.05, 3.63) is 41.5 Å². The van der Waals surface area contributed by atoms with Gasteiger partial charge in [-0.25, -0.2) is 0 Å². The second-order valence-electron chi connectivity index (χ2n) is 3.18.